The monoisotopic (exact) mass is 398 g/mol. The largest absolute Gasteiger partial charge is 0.462 e. The summed E-state index contributed by atoms with van der Waals surface area (Å²) in [6.07, 6.45) is 20.4. The van der Waals surface area contributed by atoms with Crippen LogP contribution in [0.25, 0.3) is 0 Å². The highest BCUT2D eigenvalue weighted by molar-refractivity contribution is 5.86. The molecule has 0 N–H and O–H groups in total. The molecule has 0 aliphatic heterocycles. The number of carbonyl (C=O) groups excluding carboxylic acids is 1. The van der Waals surface area contributed by atoms with Gasteiger partial charge in [-0.3, -0.25) is 0 Å². The highest BCUT2D eigenvalue weighted by Gasteiger charge is 2.06. The van der Waals surface area contributed by atoms with E-state index in [-0.39, 0.29) is 5.97 Å². The van der Waals surface area contributed by atoms with Crippen molar-refractivity contribution in [2.45, 2.75) is 136 Å². The number of alkyl halides is 1. The standard InChI is InChI=1S/C25H47FO2/c1-4-5-6-7-8-9-10-11-12-14-17-20-24(26)21-18-15-13-16-19-22-28-25(27)23(2)3/h24H,2,4-22H2,1,3H3. The molecule has 1 atom stereocenters. The van der Waals surface area contributed by atoms with E-state index in [9.17, 15) is 9.18 Å². The summed E-state index contributed by atoms with van der Waals surface area (Å²) >= 11 is 0. The molecule has 3 heteroatoms. The molecular weight excluding hydrogens is 351 g/mol. The van der Waals surface area contributed by atoms with Crippen LogP contribution in [0, 0.1) is 0 Å². The average Bonchev–Trinajstić information content (AvgIpc) is 2.67. The van der Waals surface area contributed by atoms with Gasteiger partial charge in [-0.2, -0.15) is 0 Å². The van der Waals surface area contributed by atoms with E-state index in [0.29, 0.717) is 18.6 Å². The number of carbonyl (C=O) groups is 1. The Hall–Kier alpha value is -0.860. The molecule has 0 heterocycles. The maximum absolute atomic E-state index is 13.9. The van der Waals surface area contributed by atoms with E-state index in [1.54, 1.807) is 6.92 Å². The summed E-state index contributed by atoms with van der Waals surface area (Å²) < 4.78 is 19.0. The third kappa shape index (κ3) is 19.9. The Labute approximate surface area is 174 Å². The molecule has 28 heavy (non-hydrogen) atoms. The Morgan fingerprint density at radius 2 is 1.14 bits per heavy atom. The van der Waals surface area contributed by atoms with Crippen molar-refractivity contribution in [2.75, 3.05) is 6.61 Å². The molecule has 2 nitrogen and oxygen atoms in total. The van der Waals surface area contributed by atoms with Gasteiger partial charge in [0.15, 0.2) is 0 Å². The van der Waals surface area contributed by atoms with Crippen LogP contribution in [-0.2, 0) is 9.53 Å². The van der Waals surface area contributed by atoms with Crippen molar-refractivity contribution < 1.29 is 13.9 Å². The molecule has 0 aromatic heterocycles. The molecule has 1 unspecified atom stereocenters. The van der Waals surface area contributed by atoms with Crippen LogP contribution >= 0.6 is 0 Å². The number of unbranched alkanes of at least 4 members (excludes halogenated alkanes) is 14. The summed E-state index contributed by atoms with van der Waals surface area (Å²) in [6.45, 7) is 7.94. The zero-order valence-corrected chi connectivity index (χ0v) is 18.9. The summed E-state index contributed by atoms with van der Waals surface area (Å²) in [5, 5.41) is 0. The molecule has 0 fully saturated rings. The van der Waals surface area contributed by atoms with E-state index in [2.05, 4.69) is 13.5 Å². The summed E-state index contributed by atoms with van der Waals surface area (Å²) in [5.74, 6) is -0.303. The third-order valence-corrected chi connectivity index (χ3v) is 5.36. The van der Waals surface area contributed by atoms with Crippen molar-refractivity contribution in [3.8, 4) is 0 Å². The molecule has 0 bridgehead atoms. The molecule has 0 radical (unpaired) electrons. The van der Waals surface area contributed by atoms with Gasteiger partial charge in [-0.25, -0.2) is 9.18 Å². The first-order chi connectivity index (χ1) is 13.6. The SMILES string of the molecule is C=C(C)C(=O)OCCCCCCCC(F)CCCCCCCCCCCCC. The lowest BCUT2D eigenvalue weighted by molar-refractivity contribution is -0.139. The van der Waals surface area contributed by atoms with E-state index < -0.39 is 6.17 Å². The maximum atomic E-state index is 13.9. The van der Waals surface area contributed by atoms with E-state index in [0.717, 1.165) is 44.9 Å². The fourth-order valence-corrected chi connectivity index (χ4v) is 3.46. The van der Waals surface area contributed by atoms with E-state index in [1.807, 2.05) is 0 Å². The minimum Gasteiger partial charge on any atom is -0.462 e. The molecule has 0 aliphatic rings. The first-order valence-electron chi connectivity index (χ1n) is 12.0. The smallest absolute Gasteiger partial charge is 0.333 e. The van der Waals surface area contributed by atoms with Gasteiger partial charge in [0, 0.05) is 5.57 Å². The maximum Gasteiger partial charge on any atom is 0.333 e. The number of hydrogen-bond acceptors (Lipinski definition) is 2. The first kappa shape index (κ1) is 27.1. The van der Waals surface area contributed by atoms with Crippen LogP contribution in [0.5, 0.6) is 0 Å². The van der Waals surface area contributed by atoms with Crippen LogP contribution in [0.3, 0.4) is 0 Å². The van der Waals surface area contributed by atoms with Gasteiger partial charge in [-0.15, -0.1) is 0 Å². The van der Waals surface area contributed by atoms with Gasteiger partial charge >= 0.3 is 5.97 Å². The fourth-order valence-electron chi connectivity index (χ4n) is 3.46. The lowest BCUT2D eigenvalue weighted by atomic mass is 10.0. The summed E-state index contributed by atoms with van der Waals surface area (Å²) in [5.41, 5.74) is 0.451. The number of halogens is 1. The van der Waals surface area contributed by atoms with Crippen LogP contribution in [0.2, 0.25) is 0 Å². The molecule has 0 aromatic rings. The summed E-state index contributed by atoms with van der Waals surface area (Å²) in [6, 6.07) is 0. The lowest BCUT2D eigenvalue weighted by Crippen LogP contribution is -2.06. The highest BCUT2D eigenvalue weighted by atomic mass is 19.1. The Morgan fingerprint density at radius 1 is 0.750 bits per heavy atom. The Balaban J connectivity index is 3.22. The molecule has 0 saturated carbocycles. The predicted octanol–water partition coefficient (Wildman–Crippen LogP) is 8.49. The van der Waals surface area contributed by atoms with Crippen LogP contribution < -0.4 is 0 Å². The molecule has 0 saturated heterocycles. The van der Waals surface area contributed by atoms with Crippen LogP contribution in [-0.4, -0.2) is 18.7 Å². The number of ether oxygens (including phenoxy) is 1. The topological polar surface area (TPSA) is 26.3 Å². The van der Waals surface area contributed by atoms with Gasteiger partial charge in [0.25, 0.3) is 0 Å². The zero-order valence-electron chi connectivity index (χ0n) is 18.9. The first-order valence-corrected chi connectivity index (χ1v) is 12.0. The minimum absolute atomic E-state index is 0.303. The van der Waals surface area contributed by atoms with Crippen molar-refractivity contribution in [1.82, 2.24) is 0 Å². The van der Waals surface area contributed by atoms with Crippen molar-refractivity contribution in [2.24, 2.45) is 0 Å². The van der Waals surface area contributed by atoms with E-state index in [4.69, 9.17) is 4.74 Å². The molecule has 0 aliphatic carbocycles. The summed E-state index contributed by atoms with van der Waals surface area (Å²) in [7, 11) is 0. The second kappa shape index (κ2) is 20.9. The summed E-state index contributed by atoms with van der Waals surface area (Å²) in [4.78, 5) is 11.2. The Bertz CT molecular complexity index is 368. The lowest BCUT2D eigenvalue weighted by Gasteiger charge is -2.08. The van der Waals surface area contributed by atoms with Crippen LogP contribution in [0.4, 0.5) is 4.39 Å². The predicted molar refractivity (Wildman–Crippen MR) is 119 cm³/mol. The number of rotatable bonds is 21. The Kier molecular flexibility index (Phi) is 20.2. The van der Waals surface area contributed by atoms with Gasteiger partial charge in [-0.1, -0.05) is 110 Å². The third-order valence-electron chi connectivity index (χ3n) is 5.36. The van der Waals surface area contributed by atoms with Crippen molar-refractivity contribution in [3.63, 3.8) is 0 Å². The van der Waals surface area contributed by atoms with Crippen molar-refractivity contribution in [3.05, 3.63) is 12.2 Å². The number of hydrogen-bond donors (Lipinski definition) is 0. The Morgan fingerprint density at radius 3 is 1.57 bits per heavy atom. The van der Waals surface area contributed by atoms with Gasteiger partial charge in [0.05, 0.1) is 6.61 Å². The second-order valence-electron chi connectivity index (χ2n) is 8.39. The molecule has 0 amide bonds. The number of esters is 1. The second-order valence-corrected chi connectivity index (χ2v) is 8.39. The fraction of sp³-hybridized carbons (Fsp3) is 0.880. The molecule has 166 valence electrons. The van der Waals surface area contributed by atoms with Crippen molar-refractivity contribution in [1.29, 1.82) is 0 Å². The molecular formula is C25H47FO2. The average molecular weight is 399 g/mol. The van der Waals surface area contributed by atoms with E-state index in [1.165, 1.54) is 64.2 Å². The molecule has 0 spiro atoms. The van der Waals surface area contributed by atoms with Crippen LogP contribution in [0.1, 0.15) is 129 Å². The van der Waals surface area contributed by atoms with Crippen LogP contribution in [0.15, 0.2) is 12.2 Å². The normalized spacial score (nSPS) is 12.1. The highest BCUT2D eigenvalue weighted by Crippen LogP contribution is 2.17. The van der Waals surface area contributed by atoms with E-state index >= 15 is 0 Å². The minimum atomic E-state index is -0.616. The van der Waals surface area contributed by atoms with Gasteiger partial charge in [0.1, 0.15) is 6.17 Å². The van der Waals surface area contributed by atoms with Gasteiger partial charge < -0.3 is 4.74 Å². The van der Waals surface area contributed by atoms with Crippen molar-refractivity contribution >= 4 is 5.97 Å². The quantitative estimate of drug-likeness (QED) is 0.110. The zero-order chi connectivity index (χ0) is 20.9. The molecule has 0 rings (SSSR count). The van der Waals surface area contributed by atoms with Gasteiger partial charge in [0.2, 0.25) is 0 Å². The van der Waals surface area contributed by atoms with Gasteiger partial charge in [-0.05, 0) is 26.2 Å². The molecule has 0 aromatic carbocycles.